The number of hydrogen-bond donors (Lipinski definition) is 2. The van der Waals surface area contributed by atoms with E-state index in [1.165, 1.54) is 24.3 Å². The van der Waals surface area contributed by atoms with Gasteiger partial charge >= 0.3 is 7.12 Å². The topological polar surface area (TPSA) is 139 Å². The number of nitro groups is 1. The molecule has 1 aliphatic carbocycles. The second-order valence-electron chi connectivity index (χ2n) is 11.8. The Morgan fingerprint density at radius 2 is 1.82 bits per heavy atom. The van der Waals surface area contributed by atoms with Crippen LogP contribution in [0, 0.1) is 27.9 Å². The fourth-order valence-corrected chi connectivity index (χ4v) is 6.87. The van der Waals surface area contributed by atoms with Crippen LogP contribution < -0.4 is 9.64 Å². The Kier molecular flexibility index (Phi) is 8.56. The third kappa shape index (κ3) is 6.27. The molecule has 3 aromatic rings. The van der Waals surface area contributed by atoms with Gasteiger partial charge in [-0.05, 0) is 85.5 Å². The molecule has 0 radical (unpaired) electrons. The summed E-state index contributed by atoms with van der Waals surface area (Å²) in [5.74, 6) is -1.87. The van der Waals surface area contributed by atoms with E-state index in [-0.39, 0.29) is 36.5 Å². The van der Waals surface area contributed by atoms with Gasteiger partial charge in [0.1, 0.15) is 18.1 Å². The zero-order chi connectivity index (χ0) is 31.7. The number of rotatable bonds is 9. The molecule has 10 nitrogen and oxygen atoms in total. The zero-order valence-corrected chi connectivity index (χ0v) is 24.7. The van der Waals surface area contributed by atoms with Crippen LogP contribution in [0.15, 0.2) is 95.6 Å². The van der Waals surface area contributed by atoms with E-state index in [2.05, 4.69) is 0 Å². The first-order valence-corrected chi connectivity index (χ1v) is 15.0. The van der Waals surface area contributed by atoms with Crippen LogP contribution >= 0.6 is 0 Å². The number of para-hydroxylation sites is 1. The standard InChI is InChI=1S/C34H33BN2O8/c1-21(16-22-11-13-26(38)14-12-22)10-15-30-31-23(20-44-27-8-3-2-4-9-27)17-28-32(29(31)19-35(41)45-30)34(40)36(33(28)39)24-6-5-7-25(18-24)37(42)43/h2-9,11-14,16,18,28-30,32,38,41H,10,15,17,19-20H2,1H3/b21-16+/t28-,29+,30-,32-/m1/s1. The number of non-ortho nitro benzene ring substituents is 1. The van der Waals surface area contributed by atoms with Crippen molar-refractivity contribution in [2.75, 3.05) is 11.5 Å². The minimum atomic E-state index is -1.13. The van der Waals surface area contributed by atoms with E-state index in [4.69, 9.17) is 9.39 Å². The van der Waals surface area contributed by atoms with E-state index < -0.39 is 47.7 Å². The Bertz CT molecular complexity index is 1670. The fraction of sp³-hybridized carbons (Fsp3) is 0.294. The molecule has 0 spiro atoms. The van der Waals surface area contributed by atoms with Gasteiger partial charge in [-0.15, -0.1) is 0 Å². The number of carbonyl (C=O) groups excluding carboxylic acids is 2. The second-order valence-corrected chi connectivity index (χ2v) is 11.8. The van der Waals surface area contributed by atoms with Gasteiger partial charge < -0.3 is 19.5 Å². The predicted octanol–water partition coefficient (Wildman–Crippen LogP) is 5.56. The summed E-state index contributed by atoms with van der Waals surface area (Å²) in [4.78, 5) is 39.8. The Balaban J connectivity index is 1.32. The minimum Gasteiger partial charge on any atom is -0.508 e. The summed E-state index contributed by atoms with van der Waals surface area (Å²) in [7, 11) is -1.13. The van der Waals surface area contributed by atoms with Crippen molar-refractivity contribution in [2.24, 2.45) is 17.8 Å². The van der Waals surface area contributed by atoms with Crippen molar-refractivity contribution in [1.29, 1.82) is 0 Å². The van der Waals surface area contributed by atoms with Crippen molar-refractivity contribution in [2.45, 2.75) is 38.6 Å². The van der Waals surface area contributed by atoms with Crippen LogP contribution in [-0.2, 0) is 14.2 Å². The lowest BCUT2D eigenvalue weighted by Crippen LogP contribution is -2.46. The average Bonchev–Trinajstić information content (AvgIpc) is 3.29. The van der Waals surface area contributed by atoms with E-state index in [9.17, 15) is 29.8 Å². The molecule has 0 unspecified atom stereocenters. The highest BCUT2D eigenvalue weighted by Crippen LogP contribution is 2.51. The number of nitrogens with zero attached hydrogens (tertiary/aromatic N) is 2. The van der Waals surface area contributed by atoms with Crippen molar-refractivity contribution in [3.8, 4) is 11.5 Å². The summed E-state index contributed by atoms with van der Waals surface area (Å²) in [5, 5.41) is 31.9. The van der Waals surface area contributed by atoms with E-state index in [1.54, 1.807) is 12.1 Å². The molecule has 2 N–H and O–H groups in total. The Hall–Kier alpha value is -4.74. The van der Waals surface area contributed by atoms with E-state index >= 15 is 0 Å². The number of ether oxygens (including phenoxy) is 1. The first-order valence-electron chi connectivity index (χ1n) is 15.0. The molecule has 2 saturated heterocycles. The highest BCUT2D eigenvalue weighted by molar-refractivity contribution is 6.43. The number of imide groups is 1. The lowest BCUT2D eigenvalue weighted by molar-refractivity contribution is -0.384. The number of fused-ring (bicyclic) bond motifs is 3. The number of allylic oxidation sites excluding steroid dienone is 1. The van der Waals surface area contributed by atoms with Crippen molar-refractivity contribution in [3.05, 3.63) is 111 Å². The third-order valence-electron chi connectivity index (χ3n) is 8.87. The van der Waals surface area contributed by atoms with Crippen LogP contribution in [0.3, 0.4) is 0 Å². The van der Waals surface area contributed by atoms with Crippen molar-refractivity contribution in [1.82, 2.24) is 0 Å². The Morgan fingerprint density at radius 3 is 2.56 bits per heavy atom. The SMILES string of the molecule is C/C(=C\c1ccc(O)cc1)CC[C@H]1OB(O)C[C@H]2C1=C(COc1ccccc1)C[C@H]1C(=O)N(c3cccc([N+](=O)[O-])c3)C(=O)[C@H]12. The van der Waals surface area contributed by atoms with Crippen LogP contribution in [-0.4, -0.2) is 46.7 Å². The van der Waals surface area contributed by atoms with E-state index in [1.807, 2.05) is 55.5 Å². The smallest absolute Gasteiger partial charge is 0.455 e. The van der Waals surface area contributed by atoms with Crippen LogP contribution in [0.1, 0.15) is 31.7 Å². The molecule has 0 saturated carbocycles. The van der Waals surface area contributed by atoms with Gasteiger partial charge in [-0.1, -0.05) is 48.0 Å². The lowest BCUT2D eigenvalue weighted by atomic mass is 9.58. The zero-order valence-electron chi connectivity index (χ0n) is 24.7. The molecule has 2 fully saturated rings. The van der Waals surface area contributed by atoms with Crippen molar-refractivity contribution in [3.63, 3.8) is 0 Å². The highest BCUT2D eigenvalue weighted by Gasteiger charge is 2.57. The first-order chi connectivity index (χ1) is 21.7. The van der Waals surface area contributed by atoms with E-state index in [0.717, 1.165) is 27.2 Å². The van der Waals surface area contributed by atoms with Gasteiger partial charge in [-0.3, -0.25) is 19.7 Å². The number of aromatic hydroxyl groups is 1. The highest BCUT2D eigenvalue weighted by atomic mass is 16.6. The molecule has 3 aliphatic rings. The van der Waals surface area contributed by atoms with Crippen LogP contribution in [0.5, 0.6) is 11.5 Å². The average molecular weight is 608 g/mol. The lowest BCUT2D eigenvalue weighted by Gasteiger charge is -2.43. The van der Waals surface area contributed by atoms with Gasteiger partial charge in [0.05, 0.1) is 28.6 Å². The molecule has 0 aromatic heterocycles. The molecule has 4 atom stereocenters. The molecule has 2 aliphatic heterocycles. The van der Waals surface area contributed by atoms with Crippen molar-refractivity contribution >= 4 is 36.4 Å². The minimum absolute atomic E-state index is 0.145. The molecular weight excluding hydrogens is 575 g/mol. The maximum atomic E-state index is 14.0. The maximum Gasteiger partial charge on any atom is 0.455 e. The predicted molar refractivity (Wildman–Crippen MR) is 168 cm³/mol. The second kappa shape index (κ2) is 12.7. The van der Waals surface area contributed by atoms with E-state index in [0.29, 0.717) is 18.6 Å². The van der Waals surface area contributed by atoms with Gasteiger partial charge in [0, 0.05) is 12.1 Å². The maximum absolute atomic E-state index is 14.0. The number of phenolic OH excluding ortho intramolecular Hbond substituents is 1. The molecule has 3 aromatic carbocycles. The fourth-order valence-electron chi connectivity index (χ4n) is 6.87. The molecule has 11 heteroatoms. The monoisotopic (exact) mass is 608 g/mol. The molecule has 230 valence electrons. The quantitative estimate of drug-likeness (QED) is 0.106. The van der Waals surface area contributed by atoms with Gasteiger partial charge in [0.2, 0.25) is 11.8 Å². The molecule has 0 bridgehead atoms. The van der Waals surface area contributed by atoms with Crippen LogP contribution in [0.4, 0.5) is 11.4 Å². The van der Waals surface area contributed by atoms with Crippen molar-refractivity contribution < 1.29 is 34.0 Å². The Morgan fingerprint density at radius 1 is 1.07 bits per heavy atom. The molecule has 2 heterocycles. The van der Waals surface area contributed by atoms with Gasteiger partial charge in [0.15, 0.2) is 0 Å². The number of hydrogen-bond acceptors (Lipinski definition) is 8. The summed E-state index contributed by atoms with van der Waals surface area (Å²) in [6.07, 6.45) is 3.11. The van der Waals surface area contributed by atoms with Crippen LogP contribution in [0.25, 0.3) is 6.08 Å². The number of anilines is 1. The summed E-state index contributed by atoms with van der Waals surface area (Å²) in [5.41, 5.74) is 3.72. The molecular formula is C34H33BN2O8. The summed E-state index contributed by atoms with van der Waals surface area (Å²) in [6, 6.07) is 21.8. The summed E-state index contributed by atoms with van der Waals surface area (Å²) < 4.78 is 12.3. The normalized spacial score (nSPS) is 23.2. The Labute approximate surface area is 260 Å². The number of phenols is 1. The number of benzene rings is 3. The van der Waals surface area contributed by atoms with Gasteiger partial charge in [0.25, 0.3) is 5.69 Å². The molecule has 45 heavy (non-hydrogen) atoms. The molecule has 2 amide bonds. The molecule has 6 rings (SSSR count). The van der Waals surface area contributed by atoms with Gasteiger partial charge in [-0.25, -0.2) is 4.90 Å². The summed E-state index contributed by atoms with van der Waals surface area (Å²) in [6.45, 7) is 2.19. The van der Waals surface area contributed by atoms with Crippen LogP contribution in [0.2, 0.25) is 6.32 Å². The van der Waals surface area contributed by atoms with Gasteiger partial charge in [-0.2, -0.15) is 0 Å². The number of nitro benzene ring substituents is 1. The number of carbonyl (C=O) groups is 2. The number of amides is 2. The first kappa shape index (κ1) is 30.3. The summed E-state index contributed by atoms with van der Waals surface area (Å²) >= 11 is 0. The third-order valence-corrected chi connectivity index (χ3v) is 8.87. The largest absolute Gasteiger partial charge is 0.508 e.